The second-order valence-corrected chi connectivity index (χ2v) is 5.00. The average Bonchev–Trinajstić information content (AvgIpc) is 2.91. The molecule has 0 radical (unpaired) electrons. The lowest BCUT2D eigenvalue weighted by Gasteiger charge is -2.36. The Morgan fingerprint density at radius 2 is 2.39 bits per heavy atom. The van der Waals surface area contributed by atoms with Crippen molar-refractivity contribution in [2.75, 3.05) is 6.54 Å². The molecule has 7 heteroatoms. The number of piperidine rings is 1. The molecule has 1 amide bonds. The standard InChI is InChI=1S/C11H15N3O3S/c1-2-7-3-4-14(9(5-7)11(16)17)10(15)8-6-12-18-13-8/h6-7,9H,2-5H2,1H3,(H,16,17). The highest BCUT2D eigenvalue weighted by molar-refractivity contribution is 6.99. The van der Waals surface area contributed by atoms with Crippen LogP contribution >= 0.6 is 11.7 Å². The Morgan fingerprint density at radius 3 is 2.94 bits per heavy atom. The molecule has 18 heavy (non-hydrogen) atoms. The van der Waals surface area contributed by atoms with Crippen molar-refractivity contribution in [2.45, 2.75) is 32.2 Å². The number of hydrogen-bond donors (Lipinski definition) is 1. The van der Waals surface area contributed by atoms with Gasteiger partial charge in [0.25, 0.3) is 5.91 Å². The highest BCUT2D eigenvalue weighted by Gasteiger charge is 2.36. The van der Waals surface area contributed by atoms with Gasteiger partial charge in [0, 0.05) is 6.54 Å². The molecule has 1 aromatic rings. The van der Waals surface area contributed by atoms with Crippen LogP contribution in [0.1, 0.15) is 36.7 Å². The lowest BCUT2D eigenvalue weighted by Crippen LogP contribution is -2.50. The summed E-state index contributed by atoms with van der Waals surface area (Å²) in [4.78, 5) is 24.8. The van der Waals surface area contributed by atoms with Crippen LogP contribution in [0.3, 0.4) is 0 Å². The minimum atomic E-state index is -0.940. The van der Waals surface area contributed by atoms with Gasteiger partial charge in [-0.3, -0.25) is 4.79 Å². The van der Waals surface area contributed by atoms with Gasteiger partial charge in [0.2, 0.25) is 0 Å². The first kappa shape index (κ1) is 12.9. The average molecular weight is 269 g/mol. The van der Waals surface area contributed by atoms with Gasteiger partial charge in [-0.2, -0.15) is 8.75 Å². The number of rotatable bonds is 3. The summed E-state index contributed by atoms with van der Waals surface area (Å²) >= 11 is 0.952. The van der Waals surface area contributed by atoms with Crippen molar-refractivity contribution in [1.82, 2.24) is 13.6 Å². The van der Waals surface area contributed by atoms with Crippen LogP contribution in [-0.4, -0.2) is 43.2 Å². The third-order valence-electron chi connectivity index (χ3n) is 3.41. The Bertz CT molecular complexity index is 435. The summed E-state index contributed by atoms with van der Waals surface area (Å²) in [7, 11) is 0. The minimum absolute atomic E-state index is 0.237. The Labute approximate surface area is 109 Å². The van der Waals surface area contributed by atoms with E-state index in [9.17, 15) is 14.7 Å². The molecule has 6 nitrogen and oxygen atoms in total. The van der Waals surface area contributed by atoms with Gasteiger partial charge in [-0.1, -0.05) is 13.3 Å². The number of hydrogen-bond acceptors (Lipinski definition) is 5. The molecule has 1 aliphatic rings. The largest absolute Gasteiger partial charge is 0.480 e. The number of nitrogens with zero attached hydrogens (tertiary/aromatic N) is 3. The molecule has 0 spiro atoms. The molecule has 0 aromatic carbocycles. The fourth-order valence-corrected chi connectivity index (χ4v) is 2.70. The van der Waals surface area contributed by atoms with E-state index in [-0.39, 0.29) is 11.6 Å². The van der Waals surface area contributed by atoms with Crippen LogP contribution in [0.2, 0.25) is 0 Å². The van der Waals surface area contributed by atoms with Crippen LogP contribution in [-0.2, 0) is 4.79 Å². The van der Waals surface area contributed by atoms with Gasteiger partial charge in [-0.15, -0.1) is 0 Å². The van der Waals surface area contributed by atoms with Crippen LogP contribution in [0.25, 0.3) is 0 Å². The lowest BCUT2D eigenvalue weighted by atomic mass is 9.88. The quantitative estimate of drug-likeness (QED) is 0.893. The molecule has 2 rings (SSSR count). The van der Waals surface area contributed by atoms with Gasteiger partial charge in [0.15, 0.2) is 5.69 Å². The van der Waals surface area contributed by atoms with Crippen LogP contribution < -0.4 is 0 Å². The van der Waals surface area contributed by atoms with Crippen molar-refractivity contribution >= 4 is 23.6 Å². The lowest BCUT2D eigenvalue weighted by molar-refractivity contribution is -0.144. The van der Waals surface area contributed by atoms with E-state index in [1.807, 2.05) is 6.92 Å². The molecule has 0 aliphatic carbocycles. The summed E-state index contributed by atoms with van der Waals surface area (Å²) in [6.07, 6.45) is 3.71. The summed E-state index contributed by atoms with van der Waals surface area (Å²) < 4.78 is 7.65. The first-order valence-electron chi connectivity index (χ1n) is 5.94. The zero-order valence-corrected chi connectivity index (χ0v) is 10.9. The fraction of sp³-hybridized carbons (Fsp3) is 0.636. The van der Waals surface area contributed by atoms with Gasteiger partial charge >= 0.3 is 5.97 Å². The first-order valence-corrected chi connectivity index (χ1v) is 6.67. The first-order chi connectivity index (χ1) is 8.63. The zero-order chi connectivity index (χ0) is 13.1. The fourth-order valence-electron chi connectivity index (χ4n) is 2.29. The zero-order valence-electron chi connectivity index (χ0n) is 10.1. The third-order valence-corrected chi connectivity index (χ3v) is 3.89. The molecule has 98 valence electrons. The second-order valence-electron chi connectivity index (χ2n) is 4.44. The molecule has 2 heterocycles. The van der Waals surface area contributed by atoms with Crippen LogP contribution in [0.4, 0.5) is 0 Å². The molecule has 1 saturated heterocycles. The number of amides is 1. The van der Waals surface area contributed by atoms with Crippen molar-refractivity contribution in [2.24, 2.45) is 5.92 Å². The van der Waals surface area contributed by atoms with Gasteiger partial charge in [-0.05, 0) is 18.8 Å². The summed E-state index contributed by atoms with van der Waals surface area (Å²) in [5.74, 6) is -0.890. The Kier molecular flexibility index (Phi) is 3.90. The maximum Gasteiger partial charge on any atom is 0.326 e. The van der Waals surface area contributed by atoms with Gasteiger partial charge in [0.05, 0.1) is 17.9 Å². The minimum Gasteiger partial charge on any atom is -0.480 e. The van der Waals surface area contributed by atoms with E-state index in [1.54, 1.807) is 0 Å². The summed E-state index contributed by atoms with van der Waals surface area (Å²) in [5.41, 5.74) is 0.237. The van der Waals surface area contributed by atoms with E-state index < -0.39 is 12.0 Å². The Balaban J connectivity index is 2.16. The normalized spacial score (nSPS) is 23.9. The molecule has 1 fully saturated rings. The van der Waals surface area contributed by atoms with E-state index in [0.29, 0.717) is 18.9 Å². The van der Waals surface area contributed by atoms with E-state index >= 15 is 0 Å². The van der Waals surface area contributed by atoms with E-state index in [0.717, 1.165) is 24.6 Å². The van der Waals surface area contributed by atoms with E-state index in [1.165, 1.54) is 11.1 Å². The maximum atomic E-state index is 12.1. The number of carbonyl (C=O) groups is 2. The Hall–Kier alpha value is -1.50. The van der Waals surface area contributed by atoms with E-state index in [2.05, 4.69) is 8.75 Å². The highest BCUT2D eigenvalue weighted by Crippen LogP contribution is 2.26. The number of carboxylic acids is 1. The second kappa shape index (κ2) is 5.43. The van der Waals surface area contributed by atoms with Crippen molar-refractivity contribution in [3.05, 3.63) is 11.9 Å². The SMILES string of the molecule is CCC1CCN(C(=O)c2cnsn2)C(C(=O)O)C1. The smallest absolute Gasteiger partial charge is 0.326 e. The predicted molar refractivity (Wildman–Crippen MR) is 65.4 cm³/mol. The van der Waals surface area contributed by atoms with Crippen LogP contribution in [0, 0.1) is 5.92 Å². The number of carbonyl (C=O) groups excluding carboxylic acids is 1. The van der Waals surface area contributed by atoms with Crippen LogP contribution in [0.15, 0.2) is 6.20 Å². The van der Waals surface area contributed by atoms with Gasteiger partial charge in [-0.25, -0.2) is 4.79 Å². The number of aliphatic carboxylic acids is 1. The third kappa shape index (κ3) is 2.50. The molecule has 1 aliphatic heterocycles. The van der Waals surface area contributed by atoms with Gasteiger partial charge in [0.1, 0.15) is 6.04 Å². The number of likely N-dealkylation sites (tertiary alicyclic amines) is 1. The highest BCUT2D eigenvalue weighted by atomic mass is 32.1. The predicted octanol–water partition coefficient (Wildman–Crippen LogP) is 1.25. The summed E-state index contributed by atoms with van der Waals surface area (Å²) in [5, 5.41) is 9.24. The van der Waals surface area contributed by atoms with Gasteiger partial charge < -0.3 is 10.0 Å². The Morgan fingerprint density at radius 1 is 1.61 bits per heavy atom. The topological polar surface area (TPSA) is 83.4 Å². The molecule has 2 unspecified atom stereocenters. The molecule has 0 bridgehead atoms. The van der Waals surface area contributed by atoms with Crippen molar-refractivity contribution in [1.29, 1.82) is 0 Å². The molecular weight excluding hydrogens is 254 g/mol. The van der Waals surface area contributed by atoms with E-state index in [4.69, 9.17) is 0 Å². The van der Waals surface area contributed by atoms with Crippen LogP contribution in [0.5, 0.6) is 0 Å². The molecular formula is C11H15N3O3S. The van der Waals surface area contributed by atoms with Crippen molar-refractivity contribution in [3.63, 3.8) is 0 Å². The number of aromatic nitrogens is 2. The molecule has 1 aromatic heterocycles. The number of carboxylic acid groups (broad SMARTS) is 1. The molecule has 1 N–H and O–H groups in total. The molecule has 0 saturated carbocycles. The summed E-state index contributed by atoms with van der Waals surface area (Å²) in [6, 6.07) is -0.738. The van der Waals surface area contributed by atoms with Crippen molar-refractivity contribution < 1.29 is 14.7 Å². The monoisotopic (exact) mass is 269 g/mol. The summed E-state index contributed by atoms with van der Waals surface area (Å²) in [6.45, 7) is 2.53. The maximum absolute atomic E-state index is 12.1. The molecule has 2 atom stereocenters. The van der Waals surface area contributed by atoms with Crippen molar-refractivity contribution in [3.8, 4) is 0 Å².